The maximum absolute atomic E-state index is 13.8. The average Bonchev–Trinajstić information content (AvgIpc) is 2.66. The van der Waals surface area contributed by atoms with Crippen LogP contribution in [-0.4, -0.2) is 16.8 Å². The Balaban J connectivity index is 3.63. The zero-order valence-electron chi connectivity index (χ0n) is 18.9. The van der Waals surface area contributed by atoms with Crippen molar-refractivity contribution in [3.63, 3.8) is 0 Å². The number of halogens is 5. The molecule has 0 aliphatic heterocycles. The summed E-state index contributed by atoms with van der Waals surface area (Å²) in [4.78, 5) is 17.2. The standard InChI is InChI=1S/C23H31F5N2O/c1-7-11-17(9-3)30-21(31)18-14(5)19(23(26,27)28)15(6)29-20(18)16(8-2)12-13-22(24,25)10-4/h7,9,11,16H,8,10,12-13H2,1-6H3,(H,30,31)/b11-7-,17-9+. The minimum atomic E-state index is -4.70. The van der Waals surface area contributed by atoms with Crippen LogP contribution in [0.15, 0.2) is 23.9 Å². The van der Waals surface area contributed by atoms with Gasteiger partial charge in [-0.1, -0.05) is 26.0 Å². The molecule has 1 unspecified atom stereocenters. The molecule has 0 bridgehead atoms. The lowest BCUT2D eigenvalue weighted by molar-refractivity contribution is -0.138. The van der Waals surface area contributed by atoms with E-state index in [0.717, 1.165) is 0 Å². The molecule has 8 heteroatoms. The highest BCUT2D eigenvalue weighted by molar-refractivity contribution is 5.98. The number of aromatic nitrogens is 1. The molecule has 0 aliphatic carbocycles. The Hall–Kier alpha value is -2.25. The van der Waals surface area contributed by atoms with Gasteiger partial charge in [0.05, 0.1) is 22.5 Å². The molecule has 3 nitrogen and oxygen atoms in total. The van der Waals surface area contributed by atoms with Gasteiger partial charge >= 0.3 is 6.18 Å². The average molecular weight is 447 g/mol. The Labute approximate surface area is 180 Å². The maximum atomic E-state index is 13.8. The van der Waals surface area contributed by atoms with Crippen LogP contribution in [-0.2, 0) is 6.18 Å². The lowest BCUT2D eigenvalue weighted by Crippen LogP contribution is -2.28. The van der Waals surface area contributed by atoms with Crippen molar-refractivity contribution in [1.82, 2.24) is 10.3 Å². The van der Waals surface area contributed by atoms with Gasteiger partial charge in [-0.05, 0) is 52.2 Å². The van der Waals surface area contributed by atoms with Crippen LogP contribution in [0.25, 0.3) is 0 Å². The molecule has 1 aromatic rings. The Kier molecular flexibility index (Phi) is 9.39. The van der Waals surface area contributed by atoms with Gasteiger partial charge < -0.3 is 5.32 Å². The lowest BCUT2D eigenvalue weighted by Gasteiger charge is -2.25. The highest BCUT2D eigenvalue weighted by Gasteiger charge is 2.39. The number of rotatable bonds is 9. The molecule has 0 saturated carbocycles. The van der Waals surface area contributed by atoms with Gasteiger partial charge in [0.2, 0.25) is 5.92 Å². The zero-order valence-corrected chi connectivity index (χ0v) is 18.9. The van der Waals surface area contributed by atoms with Crippen LogP contribution >= 0.6 is 0 Å². The highest BCUT2D eigenvalue weighted by atomic mass is 19.4. The van der Waals surface area contributed by atoms with E-state index >= 15 is 0 Å². The van der Waals surface area contributed by atoms with Crippen LogP contribution in [0.3, 0.4) is 0 Å². The largest absolute Gasteiger partial charge is 0.418 e. The summed E-state index contributed by atoms with van der Waals surface area (Å²) in [5.41, 5.74) is -1.14. The van der Waals surface area contributed by atoms with Crippen LogP contribution < -0.4 is 5.32 Å². The minimum Gasteiger partial charge on any atom is -0.322 e. The molecule has 0 spiro atoms. The number of nitrogens with zero attached hydrogens (tertiary/aromatic N) is 1. The number of carbonyl (C=O) groups is 1. The number of nitrogens with one attached hydrogen (secondary N) is 1. The third-order valence-electron chi connectivity index (χ3n) is 5.34. The van der Waals surface area contributed by atoms with Gasteiger partial charge in [0, 0.05) is 24.5 Å². The molecule has 0 radical (unpaired) electrons. The van der Waals surface area contributed by atoms with E-state index in [0.29, 0.717) is 12.1 Å². The molecule has 0 saturated heterocycles. The number of amides is 1. The van der Waals surface area contributed by atoms with Gasteiger partial charge in [-0.2, -0.15) is 13.2 Å². The van der Waals surface area contributed by atoms with E-state index in [-0.39, 0.29) is 35.4 Å². The molecule has 1 heterocycles. The van der Waals surface area contributed by atoms with Crippen molar-refractivity contribution in [3.8, 4) is 0 Å². The van der Waals surface area contributed by atoms with E-state index in [9.17, 15) is 26.7 Å². The summed E-state index contributed by atoms with van der Waals surface area (Å²) >= 11 is 0. The monoisotopic (exact) mass is 446 g/mol. The molecule has 174 valence electrons. The van der Waals surface area contributed by atoms with Crippen molar-refractivity contribution < 1.29 is 26.7 Å². The van der Waals surface area contributed by atoms with E-state index in [1.165, 1.54) is 20.8 Å². The van der Waals surface area contributed by atoms with Crippen molar-refractivity contribution in [3.05, 3.63) is 52.0 Å². The predicted molar refractivity (Wildman–Crippen MR) is 112 cm³/mol. The smallest absolute Gasteiger partial charge is 0.322 e. The lowest BCUT2D eigenvalue weighted by atomic mass is 9.87. The van der Waals surface area contributed by atoms with Crippen LogP contribution in [0.1, 0.15) is 92.2 Å². The van der Waals surface area contributed by atoms with E-state index < -0.39 is 35.9 Å². The van der Waals surface area contributed by atoms with E-state index in [2.05, 4.69) is 10.3 Å². The molecule has 1 N–H and O–H groups in total. The SMILES string of the molecule is C/C=C\C(=C/C)NC(=O)c1c(C(CC)CCC(F)(F)CC)nc(C)c(C(F)(F)F)c1C. The van der Waals surface area contributed by atoms with Crippen LogP contribution in [0.2, 0.25) is 0 Å². The fraction of sp³-hybridized carbons (Fsp3) is 0.565. The quantitative estimate of drug-likeness (QED) is 0.321. The molecule has 0 aromatic carbocycles. The normalized spacial score (nSPS) is 14.2. The van der Waals surface area contributed by atoms with Crippen molar-refractivity contribution in [1.29, 1.82) is 0 Å². The maximum Gasteiger partial charge on any atom is 0.418 e. The summed E-state index contributed by atoms with van der Waals surface area (Å²) in [5.74, 6) is -4.19. The first-order chi connectivity index (χ1) is 14.3. The summed E-state index contributed by atoms with van der Waals surface area (Å²) in [6.07, 6.45) is -0.177. The summed E-state index contributed by atoms with van der Waals surface area (Å²) in [7, 11) is 0. The van der Waals surface area contributed by atoms with Gasteiger partial charge in [0.25, 0.3) is 5.91 Å². The van der Waals surface area contributed by atoms with Crippen molar-refractivity contribution in [2.24, 2.45) is 0 Å². The van der Waals surface area contributed by atoms with Crippen molar-refractivity contribution in [2.75, 3.05) is 0 Å². The Morgan fingerprint density at radius 1 is 1.13 bits per heavy atom. The van der Waals surface area contributed by atoms with E-state index in [1.54, 1.807) is 39.0 Å². The molecular formula is C23H31F5N2O. The molecule has 31 heavy (non-hydrogen) atoms. The summed E-state index contributed by atoms with van der Waals surface area (Å²) in [5, 5.41) is 2.61. The molecule has 1 amide bonds. The van der Waals surface area contributed by atoms with Crippen LogP contribution in [0.5, 0.6) is 0 Å². The Bertz CT molecular complexity index is 841. The van der Waals surface area contributed by atoms with Gasteiger partial charge in [0.1, 0.15) is 0 Å². The fourth-order valence-corrected chi connectivity index (χ4v) is 3.56. The third-order valence-corrected chi connectivity index (χ3v) is 5.34. The fourth-order valence-electron chi connectivity index (χ4n) is 3.56. The van der Waals surface area contributed by atoms with E-state index in [1.807, 2.05) is 0 Å². The van der Waals surface area contributed by atoms with Crippen molar-refractivity contribution >= 4 is 5.91 Å². The van der Waals surface area contributed by atoms with Crippen LogP contribution in [0.4, 0.5) is 22.0 Å². The topological polar surface area (TPSA) is 42.0 Å². The van der Waals surface area contributed by atoms with Gasteiger partial charge in [-0.3, -0.25) is 9.78 Å². The number of allylic oxidation sites excluding steroid dienone is 3. The first-order valence-electron chi connectivity index (χ1n) is 10.4. The molecule has 1 rings (SSSR count). The van der Waals surface area contributed by atoms with E-state index in [4.69, 9.17) is 0 Å². The summed E-state index contributed by atoms with van der Waals surface area (Å²) in [6.45, 7) is 9.00. The first-order valence-corrected chi connectivity index (χ1v) is 10.4. The molecule has 0 aliphatic rings. The number of aryl methyl sites for hydroxylation is 1. The predicted octanol–water partition coefficient (Wildman–Crippen LogP) is 7.25. The molecule has 1 aromatic heterocycles. The van der Waals surface area contributed by atoms with Gasteiger partial charge in [0.15, 0.2) is 0 Å². The van der Waals surface area contributed by atoms with Gasteiger partial charge in [-0.25, -0.2) is 8.78 Å². The second-order valence-electron chi connectivity index (χ2n) is 7.51. The zero-order chi connectivity index (χ0) is 24.0. The highest BCUT2D eigenvalue weighted by Crippen LogP contribution is 2.39. The summed E-state index contributed by atoms with van der Waals surface area (Å²) in [6, 6.07) is 0. The Morgan fingerprint density at radius 2 is 1.74 bits per heavy atom. The molecule has 0 fully saturated rings. The second-order valence-corrected chi connectivity index (χ2v) is 7.51. The first kappa shape index (κ1) is 26.8. The number of pyridine rings is 1. The third kappa shape index (κ3) is 6.87. The number of alkyl halides is 5. The molecular weight excluding hydrogens is 415 g/mol. The van der Waals surface area contributed by atoms with Crippen LogP contribution in [0, 0.1) is 13.8 Å². The van der Waals surface area contributed by atoms with Crippen molar-refractivity contribution in [2.45, 2.75) is 85.2 Å². The Morgan fingerprint density at radius 3 is 2.19 bits per heavy atom. The number of hydrogen-bond acceptors (Lipinski definition) is 2. The minimum absolute atomic E-state index is 0.0141. The van der Waals surface area contributed by atoms with Gasteiger partial charge in [-0.15, -0.1) is 0 Å². The number of hydrogen-bond donors (Lipinski definition) is 1. The second kappa shape index (κ2) is 10.9. The summed E-state index contributed by atoms with van der Waals surface area (Å²) < 4.78 is 68.7. The number of carbonyl (C=O) groups excluding carboxylic acids is 1. The molecule has 1 atom stereocenters.